The van der Waals surface area contributed by atoms with Gasteiger partial charge in [-0.2, -0.15) is 0 Å². The predicted molar refractivity (Wildman–Crippen MR) is 88.2 cm³/mol. The molecule has 0 saturated carbocycles. The van der Waals surface area contributed by atoms with E-state index in [9.17, 15) is 13.2 Å². The van der Waals surface area contributed by atoms with Crippen molar-refractivity contribution in [2.24, 2.45) is 0 Å². The lowest BCUT2D eigenvalue weighted by Gasteiger charge is -2.39. The Morgan fingerprint density at radius 1 is 1.38 bits per heavy atom. The minimum Gasteiger partial charge on any atom is -0.355 e. The highest BCUT2D eigenvalue weighted by atomic mass is 32.2. The number of amides is 1. The number of allylic oxidation sites excluding steroid dienone is 4. The van der Waals surface area contributed by atoms with Crippen LogP contribution in [-0.4, -0.2) is 36.5 Å². The second-order valence-electron chi connectivity index (χ2n) is 4.47. The lowest BCUT2D eigenvalue weighted by molar-refractivity contribution is -0.118. The van der Waals surface area contributed by atoms with Gasteiger partial charge >= 0.3 is 0 Å². The summed E-state index contributed by atoms with van der Waals surface area (Å²) in [5, 5.41) is 2.66. The number of hydrogen-bond acceptors (Lipinski definition) is 4. The van der Waals surface area contributed by atoms with E-state index in [0.29, 0.717) is 12.2 Å². The molecule has 1 fully saturated rings. The summed E-state index contributed by atoms with van der Waals surface area (Å²) < 4.78 is 24.6. The van der Waals surface area contributed by atoms with Gasteiger partial charge in [0.2, 0.25) is 16.8 Å². The first-order valence-electron chi connectivity index (χ1n) is 6.42. The average molecular weight is 328 g/mol. The molecule has 5 nitrogen and oxygen atoms in total. The number of hydrogen-bond donors (Lipinski definition) is 2. The summed E-state index contributed by atoms with van der Waals surface area (Å²) in [7, 11) is -2.78. The van der Waals surface area contributed by atoms with Crippen molar-refractivity contribution in [2.75, 3.05) is 6.54 Å². The van der Waals surface area contributed by atoms with Crippen molar-refractivity contribution in [3.05, 3.63) is 48.1 Å². The van der Waals surface area contributed by atoms with Crippen LogP contribution in [0.3, 0.4) is 0 Å². The summed E-state index contributed by atoms with van der Waals surface area (Å²) in [4.78, 5) is 11.9. The van der Waals surface area contributed by atoms with Crippen LogP contribution in [0, 0.1) is 0 Å². The SMILES string of the molecule is C=C/C=C1/S[C@@H](CNC(C)=O)[C@@H](C)N([SH](=O)=O)/C1=C/C=C. The zero-order valence-corrected chi connectivity index (χ0v) is 13.8. The highest BCUT2D eigenvalue weighted by Gasteiger charge is 2.35. The minimum absolute atomic E-state index is 0.0741. The summed E-state index contributed by atoms with van der Waals surface area (Å²) in [6, 6.07) is -0.267. The van der Waals surface area contributed by atoms with Gasteiger partial charge in [-0.15, -0.1) is 11.8 Å². The van der Waals surface area contributed by atoms with Gasteiger partial charge in [0.25, 0.3) is 0 Å². The van der Waals surface area contributed by atoms with Crippen LogP contribution in [-0.2, 0) is 15.7 Å². The summed E-state index contributed by atoms with van der Waals surface area (Å²) >= 11 is 1.53. The van der Waals surface area contributed by atoms with Gasteiger partial charge in [0.15, 0.2) is 0 Å². The van der Waals surface area contributed by atoms with Crippen LogP contribution < -0.4 is 5.32 Å². The van der Waals surface area contributed by atoms with Gasteiger partial charge in [0.05, 0.1) is 11.7 Å². The van der Waals surface area contributed by atoms with E-state index in [2.05, 4.69) is 18.5 Å². The van der Waals surface area contributed by atoms with E-state index in [1.807, 2.05) is 6.92 Å². The van der Waals surface area contributed by atoms with E-state index in [1.54, 1.807) is 24.3 Å². The molecule has 2 atom stereocenters. The largest absolute Gasteiger partial charge is 0.355 e. The molecule has 0 bridgehead atoms. The lowest BCUT2D eigenvalue weighted by Crippen LogP contribution is -2.47. The van der Waals surface area contributed by atoms with E-state index in [1.165, 1.54) is 23.0 Å². The minimum atomic E-state index is -2.78. The molecule has 1 N–H and O–H groups in total. The van der Waals surface area contributed by atoms with Gasteiger partial charge < -0.3 is 5.32 Å². The van der Waals surface area contributed by atoms with E-state index in [4.69, 9.17) is 0 Å². The van der Waals surface area contributed by atoms with Crippen LogP contribution in [0.1, 0.15) is 13.8 Å². The Morgan fingerprint density at radius 2 is 2.00 bits per heavy atom. The van der Waals surface area contributed by atoms with Gasteiger partial charge in [0, 0.05) is 23.6 Å². The number of carbonyl (C=O) groups excluding carboxylic acids is 1. The molecule has 1 aliphatic rings. The topological polar surface area (TPSA) is 66.5 Å². The van der Waals surface area contributed by atoms with Gasteiger partial charge in [-0.1, -0.05) is 25.3 Å². The Bertz CT molecular complexity index is 557. The van der Waals surface area contributed by atoms with Crippen LogP contribution in [0.25, 0.3) is 0 Å². The average Bonchev–Trinajstić information content (AvgIpc) is 2.40. The van der Waals surface area contributed by atoms with Crippen molar-refractivity contribution < 1.29 is 13.2 Å². The molecule has 1 heterocycles. The molecule has 7 heteroatoms. The second kappa shape index (κ2) is 8.09. The van der Waals surface area contributed by atoms with Crippen LogP contribution in [0.5, 0.6) is 0 Å². The van der Waals surface area contributed by atoms with Crippen LogP contribution in [0.15, 0.2) is 48.1 Å². The number of carbonyl (C=O) groups is 1. The Balaban J connectivity index is 3.19. The molecule has 0 aliphatic carbocycles. The maximum absolute atomic E-state index is 11.6. The Morgan fingerprint density at radius 3 is 2.48 bits per heavy atom. The molecule has 1 aliphatic heterocycles. The molecule has 1 rings (SSSR count). The molecule has 116 valence electrons. The van der Waals surface area contributed by atoms with E-state index in [0.717, 1.165) is 4.91 Å². The number of rotatable bonds is 5. The molecule has 0 aromatic rings. The Hall–Kier alpha value is -1.47. The number of thiol groups is 1. The second-order valence-corrected chi connectivity index (χ2v) is 6.66. The molecule has 0 spiro atoms. The predicted octanol–water partition coefficient (Wildman–Crippen LogP) is 1.59. The molecule has 1 saturated heterocycles. The quantitative estimate of drug-likeness (QED) is 0.752. The van der Waals surface area contributed by atoms with Crippen molar-refractivity contribution in [1.82, 2.24) is 9.62 Å². The Labute approximate surface area is 131 Å². The van der Waals surface area contributed by atoms with Crippen molar-refractivity contribution in [1.29, 1.82) is 0 Å². The summed E-state index contributed by atoms with van der Waals surface area (Å²) in [5.74, 6) is -0.137. The van der Waals surface area contributed by atoms with Gasteiger partial charge in [-0.25, -0.2) is 8.42 Å². The van der Waals surface area contributed by atoms with Crippen molar-refractivity contribution in [2.45, 2.75) is 25.1 Å². The van der Waals surface area contributed by atoms with Crippen molar-refractivity contribution in [3.63, 3.8) is 0 Å². The molecule has 21 heavy (non-hydrogen) atoms. The van der Waals surface area contributed by atoms with Gasteiger partial charge in [0.1, 0.15) is 0 Å². The number of nitrogens with one attached hydrogen (secondary N) is 1. The van der Waals surface area contributed by atoms with Crippen molar-refractivity contribution >= 4 is 28.6 Å². The summed E-state index contributed by atoms with van der Waals surface area (Å²) in [6.07, 6.45) is 6.59. The normalized spacial score (nSPS) is 26.1. The third kappa shape index (κ3) is 4.50. The summed E-state index contributed by atoms with van der Waals surface area (Å²) in [6.45, 7) is 10.9. The molecule has 0 unspecified atom stereocenters. The maximum atomic E-state index is 11.6. The molecule has 0 aromatic heterocycles. The fraction of sp³-hybridized carbons (Fsp3) is 0.357. The third-order valence-corrected chi connectivity index (χ3v) is 5.37. The molecular weight excluding hydrogens is 308 g/mol. The zero-order chi connectivity index (χ0) is 16.0. The van der Waals surface area contributed by atoms with Crippen LogP contribution in [0.4, 0.5) is 0 Å². The van der Waals surface area contributed by atoms with E-state index < -0.39 is 10.9 Å². The fourth-order valence-corrected chi connectivity index (χ4v) is 4.25. The van der Waals surface area contributed by atoms with Crippen LogP contribution >= 0.6 is 11.8 Å². The van der Waals surface area contributed by atoms with Gasteiger partial charge in [-0.3, -0.25) is 9.10 Å². The molecule has 0 radical (unpaired) electrons. The number of nitrogens with zero attached hydrogens (tertiary/aromatic N) is 1. The first-order valence-corrected chi connectivity index (χ1v) is 8.43. The molecule has 0 aromatic carbocycles. The first-order chi connectivity index (χ1) is 9.92. The van der Waals surface area contributed by atoms with Gasteiger partial charge in [-0.05, 0) is 19.1 Å². The van der Waals surface area contributed by atoms with Crippen LogP contribution in [0.2, 0.25) is 0 Å². The van der Waals surface area contributed by atoms with E-state index >= 15 is 0 Å². The zero-order valence-electron chi connectivity index (χ0n) is 12.1. The lowest BCUT2D eigenvalue weighted by atomic mass is 10.2. The van der Waals surface area contributed by atoms with E-state index in [-0.39, 0.29) is 17.2 Å². The molecular formula is C14H20N2O3S2. The van der Waals surface area contributed by atoms with Crippen molar-refractivity contribution in [3.8, 4) is 0 Å². The molecule has 1 amide bonds. The monoisotopic (exact) mass is 328 g/mol. The Kier molecular flexibility index (Phi) is 6.77. The maximum Gasteiger partial charge on any atom is 0.225 e. The first kappa shape index (κ1) is 17.6. The standard InChI is InChI=1S/C14H20N2O3S2/c1-5-7-12-13(8-6-2)20-14(9-15-11(4)17)10(3)16(12)21(18)19/h5-8,10,14,21H,1-2,9H2,3-4H3,(H,15,17)/b12-7+,13-8+/t10-,14+/m1/s1. The fourth-order valence-electron chi connectivity index (χ4n) is 2.01. The number of thioether (sulfide) groups is 1. The third-order valence-electron chi connectivity index (χ3n) is 2.97. The highest BCUT2D eigenvalue weighted by Crippen LogP contribution is 2.40. The highest BCUT2D eigenvalue weighted by molar-refractivity contribution is 8.04. The summed E-state index contributed by atoms with van der Waals surface area (Å²) in [5.41, 5.74) is 0.581. The smallest absolute Gasteiger partial charge is 0.225 e.